The number of ether oxygens (including phenoxy) is 1. The predicted molar refractivity (Wildman–Crippen MR) is 64.0 cm³/mol. The monoisotopic (exact) mass is 240 g/mol. The third-order valence-electron chi connectivity index (χ3n) is 3.53. The van der Waals surface area contributed by atoms with Gasteiger partial charge >= 0.3 is 5.97 Å². The van der Waals surface area contributed by atoms with Gasteiger partial charge in [0, 0.05) is 44.3 Å². The van der Waals surface area contributed by atoms with Crippen molar-refractivity contribution >= 4 is 5.97 Å². The zero-order valence-corrected chi connectivity index (χ0v) is 10.1. The van der Waals surface area contributed by atoms with Crippen molar-refractivity contribution in [1.29, 1.82) is 0 Å². The quantitative estimate of drug-likeness (QED) is 0.703. The Morgan fingerprint density at radius 2 is 2.06 bits per heavy atom. The van der Waals surface area contributed by atoms with Crippen molar-refractivity contribution in [2.45, 2.75) is 12.5 Å². The first-order valence-corrected chi connectivity index (χ1v) is 6.12. The van der Waals surface area contributed by atoms with E-state index in [2.05, 4.69) is 16.4 Å². The van der Waals surface area contributed by atoms with E-state index in [1.807, 2.05) is 0 Å². The van der Waals surface area contributed by atoms with Gasteiger partial charge in [-0.2, -0.15) is 0 Å². The molecule has 1 unspecified atom stereocenters. The third kappa shape index (κ3) is 3.28. The van der Waals surface area contributed by atoms with Crippen molar-refractivity contribution in [3.63, 3.8) is 0 Å². The number of carboxylic acid groups (broad SMARTS) is 1. The van der Waals surface area contributed by atoms with Crippen LogP contribution in [0, 0.1) is 0 Å². The Balaban J connectivity index is 1.78. The Morgan fingerprint density at radius 1 is 1.35 bits per heavy atom. The summed E-state index contributed by atoms with van der Waals surface area (Å²) in [5.41, 5.74) is 0.285. The highest BCUT2D eigenvalue weighted by Gasteiger charge is 2.29. The van der Waals surface area contributed by atoms with Gasteiger partial charge in [0.05, 0.1) is 13.2 Å². The first-order chi connectivity index (χ1) is 8.16. The molecule has 0 amide bonds. The number of nitrogens with zero attached hydrogens (tertiary/aromatic N) is 2. The van der Waals surface area contributed by atoms with Crippen molar-refractivity contribution in [2.75, 3.05) is 45.9 Å². The van der Waals surface area contributed by atoms with Gasteiger partial charge in [-0.15, -0.1) is 0 Å². The number of aliphatic carboxylic acids is 1. The molecule has 5 nitrogen and oxygen atoms in total. The van der Waals surface area contributed by atoms with Crippen LogP contribution in [0.2, 0.25) is 0 Å². The number of likely N-dealkylation sites (tertiary alicyclic amines) is 1. The second kappa shape index (κ2) is 5.62. The Labute approximate surface area is 102 Å². The summed E-state index contributed by atoms with van der Waals surface area (Å²) < 4.78 is 5.34. The van der Waals surface area contributed by atoms with Gasteiger partial charge < -0.3 is 9.84 Å². The molecule has 0 radical (unpaired) electrons. The minimum Gasteiger partial charge on any atom is -0.478 e. The van der Waals surface area contributed by atoms with Gasteiger partial charge in [-0.25, -0.2) is 4.79 Å². The van der Waals surface area contributed by atoms with Crippen LogP contribution in [0.15, 0.2) is 12.2 Å². The average molecular weight is 240 g/mol. The van der Waals surface area contributed by atoms with Gasteiger partial charge in [-0.3, -0.25) is 9.80 Å². The molecular formula is C12H20N2O3. The van der Waals surface area contributed by atoms with E-state index in [9.17, 15) is 4.79 Å². The Morgan fingerprint density at radius 3 is 2.71 bits per heavy atom. The molecule has 0 aromatic rings. The zero-order valence-electron chi connectivity index (χ0n) is 10.1. The standard InChI is InChI=1S/C12H20N2O3/c1-10(12(15)16)8-13-3-2-11(9-13)14-4-6-17-7-5-14/h11H,1-9H2,(H,15,16). The van der Waals surface area contributed by atoms with Gasteiger partial charge in [0.1, 0.15) is 0 Å². The minimum atomic E-state index is -0.889. The van der Waals surface area contributed by atoms with Crippen LogP contribution in [0.25, 0.3) is 0 Å². The van der Waals surface area contributed by atoms with Gasteiger partial charge in [0.2, 0.25) is 0 Å². The van der Waals surface area contributed by atoms with E-state index in [0.717, 1.165) is 45.8 Å². The first-order valence-electron chi connectivity index (χ1n) is 6.12. The molecule has 96 valence electrons. The highest BCUT2D eigenvalue weighted by molar-refractivity contribution is 5.86. The van der Waals surface area contributed by atoms with Crippen LogP contribution in [-0.2, 0) is 9.53 Å². The lowest BCUT2D eigenvalue weighted by molar-refractivity contribution is -0.132. The average Bonchev–Trinajstić information content (AvgIpc) is 2.78. The summed E-state index contributed by atoms with van der Waals surface area (Å²) in [4.78, 5) is 15.3. The van der Waals surface area contributed by atoms with E-state index in [4.69, 9.17) is 9.84 Å². The van der Waals surface area contributed by atoms with Crippen molar-refractivity contribution < 1.29 is 14.6 Å². The summed E-state index contributed by atoms with van der Waals surface area (Å²) in [6.45, 7) is 9.61. The molecule has 0 spiro atoms. The van der Waals surface area contributed by atoms with Crippen LogP contribution in [-0.4, -0.2) is 72.9 Å². The lowest BCUT2D eigenvalue weighted by atomic mass is 10.2. The van der Waals surface area contributed by atoms with Gasteiger partial charge in [0.15, 0.2) is 0 Å². The highest BCUT2D eigenvalue weighted by atomic mass is 16.5. The van der Waals surface area contributed by atoms with Crippen molar-refractivity contribution in [2.24, 2.45) is 0 Å². The molecule has 0 aromatic heterocycles. The van der Waals surface area contributed by atoms with Crippen molar-refractivity contribution in [1.82, 2.24) is 9.80 Å². The second-order valence-electron chi connectivity index (χ2n) is 4.73. The number of morpholine rings is 1. The molecular weight excluding hydrogens is 220 g/mol. The molecule has 17 heavy (non-hydrogen) atoms. The molecule has 1 N–H and O–H groups in total. The van der Waals surface area contributed by atoms with E-state index in [0.29, 0.717) is 12.6 Å². The minimum absolute atomic E-state index is 0.285. The molecule has 0 bridgehead atoms. The van der Waals surface area contributed by atoms with E-state index < -0.39 is 5.97 Å². The summed E-state index contributed by atoms with van der Waals surface area (Å²) in [6.07, 6.45) is 1.12. The molecule has 2 heterocycles. The van der Waals surface area contributed by atoms with Crippen molar-refractivity contribution in [3.05, 3.63) is 12.2 Å². The van der Waals surface area contributed by atoms with E-state index in [-0.39, 0.29) is 5.57 Å². The van der Waals surface area contributed by atoms with E-state index in [1.54, 1.807) is 0 Å². The maximum Gasteiger partial charge on any atom is 0.332 e. The topological polar surface area (TPSA) is 53.0 Å². The van der Waals surface area contributed by atoms with Gasteiger partial charge in [-0.05, 0) is 6.42 Å². The van der Waals surface area contributed by atoms with Gasteiger partial charge in [-0.1, -0.05) is 6.58 Å². The smallest absolute Gasteiger partial charge is 0.332 e. The summed E-state index contributed by atoms with van der Waals surface area (Å²) in [7, 11) is 0. The molecule has 2 aliphatic heterocycles. The number of hydrogen-bond acceptors (Lipinski definition) is 4. The molecule has 2 saturated heterocycles. The van der Waals surface area contributed by atoms with Crippen LogP contribution < -0.4 is 0 Å². The largest absolute Gasteiger partial charge is 0.478 e. The lowest BCUT2D eigenvalue weighted by Gasteiger charge is -2.32. The molecule has 0 saturated carbocycles. The summed E-state index contributed by atoms with van der Waals surface area (Å²) in [5, 5.41) is 8.80. The SMILES string of the molecule is C=C(CN1CCC(N2CCOCC2)C1)C(=O)O. The Kier molecular flexibility index (Phi) is 4.15. The van der Waals surface area contributed by atoms with Crippen LogP contribution in [0.5, 0.6) is 0 Å². The maximum absolute atomic E-state index is 10.7. The van der Waals surface area contributed by atoms with Crippen LogP contribution in [0.3, 0.4) is 0 Å². The van der Waals surface area contributed by atoms with Crippen molar-refractivity contribution in [3.8, 4) is 0 Å². The van der Waals surface area contributed by atoms with Crippen LogP contribution >= 0.6 is 0 Å². The lowest BCUT2D eigenvalue weighted by Crippen LogP contribution is -2.44. The molecule has 2 aliphatic rings. The molecule has 2 rings (SSSR count). The molecule has 0 aromatic carbocycles. The van der Waals surface area contributed by atoms with E-state index >= 15 is 0 Å². The number of rotatable bonds is 4. The summed E-state index contributed by atoms with van der Waals surface area (Å²) in [5.74, 6) is -0.889. The highest BCUT2D eigenvalue weighted by Crippen LogP contribution is 2.17. The van der Waals surface area contributed by atoms with Crippen LogP contribution in [0.4, 0.5) is 0 Å². The summed E-state index contributed by atoms with van der Waals surface area (Å²) >= 11 is 0. The Bertz CT molecular complexity index is 300. The number of carbonyl (C=O) groups is 1. The maximum atomic E-state index is 10.7. The first kappa shape index (κ1) is 12.5. The molecule has 5 heteroatoms. The van der Waals surface area contributed by atoms with Gasteiger partial charge in [0.25, 0.3) is 0 Å². The fraction of sp³-hybridized carbons (Fsp3) is 0.750. The Hall–Kier alpha value is -0.910. The predicted octanol–water partition coefficient (Wildman–Crippen LogP) is 0.0337. The normalized spacial score (nSPS) is 27.2. The third-order valence-corrected chi connectivity index (χ3v) is 3.53. The second-order valence-corrected chi connectivity index (χ2v) is 4.73. The molecule has 2 fully saturated rings. The van der Waals surface area contributed by atoms with E-state index in [1.165, 1.54) is 0 Å². The van der Waals surface area contributed by atoms with Crippen LogP contribution in [0.1, 0.15) is 6.42 Å². The zero-order chi connectivity index (χ0) is 12.3. The fourth-order valence-electron chi connectivity index (χ4n) is 2.53. The molecule has 1 atom stereocenters. The molecule has 0 aliphatic carbocycles. The number of hydrogen-bond donors (Lipinski definition) is 1. The fourth-order valence-corrected chi connectivity index (χ4v) is 2.53. The summed E-state index contributed by atoms with van der Waals surface area (Å²) in [6, 6.07) is 0.556. The number of carboxylic acids is 1.